The number of carbonyl (C=O) groups is 1. The summed E-state index contributed by atoms with van der Waals surface area (Å²) in [5, 5.41) is 11.3. The number of benzene rings is 1. The van der Waals surface area contributed by atoms with Gasteiger partial charge in [-0.2, -0.15) is 0 Å². The third kappa shape index (κ3) is 2.69. The molecule has 0 bridgehead atoms. The van der Waals surface area contributed by atoms with E-state index in [0.29, 0.717) is 10.9 Å². The lowest BCUT2D eigenvalue weighted by molar-refractivity contribution is 0.0946. The van der Waals surface area contributed by atoms with Crippen LogP contribution in [0.1, 0.15) is 23.3 Å². The van der Waals surface area contributed by atoms with Crippen molar-refractivity contribution in [1.82, 2.24) is 20.5 Å². The van der Waals surface area contributed by atoms with Crippen LogP contribution in [0.25, 0.3) is 22.0 Å². The Kier molecular flexibility index (Phi) is 3.87. The fraction of sp³-hybridized carbons (Fsp3) is 0.222. The van der Waals surface area contributed by atoms with Gasteiger partial charge in [-0.05, 0) is 37.1 Å². The topological polar surface area (TPSA) is 103 Å². The lowest BCUT2D eigenvalue weighted by Crippen LogP contribution is -2.27. The molecule has 1 amide bonds. The van der Waals surface area contributed by atoms with Crippen LogP contribution in [0.15, 0.2) is 30.5 Å². The lowest BCUT2D eigenvalue weighted by Gasteiger charge is -2.13. The lowest BCUT2D eigenvalue weighted by atomic mass is 10.0. The van der Waals surface area contributed by atoms with Gasteiger partial charge in [0.2, 0.25) is 5.88 Å². The van der Waals surface area contributed by atoms with E-state index in [-0.39, 0.29) is 40.3 Å². The van der Waals surface area contributed by atoms with Gasteiger partial charge in [-0.1, -0.05) is 0 Å². The summed E-state index contributed by atoms with van der Waals surface area (Å²) in [6, 6.07) is 6.29. The van der Waals surface area contributed by atoms with Gasteiger partial charge < -0.3 is 15.8 Å². The molecule has 2 heterocycles. The highest BCUT2D eigenvalue weighted by Crippen LogP contribution is 2.36. The molecule has 3 aromatic rings. The summed E-state index contributed by atoms with van der Waals surface area (Å²) < 4.78 is 19.8. The molecule has 0 unspecified atom stereocenters. The van der Waals surface area contributed by atoms with Crippen LogP contribution in [0.3, 0.4) is 0 Å². The second-order valence-corrected chi connectivity index (χ2v) is 6.09. The summed E-state index contributed by atoms with van der Waals surface area (Å²) in [7, 11) is 1.45. The molecule has 1 aromatic carbocycles. The van der Waals surface area contributed by atoms with Crippen LogP contribution in [0.5, 0.6) is 5.88 Å². The number of nitrogen functional groups attached to an aromatic ring is 1. The first kappa shape index (κ1) is 16.2. The number of ether oxygens (including phenoxy) is 1. The molecule has 1 saturated carbocycles. The van der Waals surface area contributed by atoms with E-state index in [1.54, 1.807) is 18.3 Å². The maximum atomic E-state index is 14.6. The summed E-state index contributed by atoms with van der Waals surface area (Å²) >= 11 is 0. The van der Waals surface area contributed by atoms with E-state index >= 15 is 0 Å². The second-order valence-electron chi connectivity index (χ2n) is 6.09. The highest BCUT2D eigenvalue weighted by molar-refractivity contribution is 6.08. The summed E-state index contributed by atoms with van der Waals surface area (Å²) in [5.41, 5.74) is 7.22. The molecule has 0 saturated heterocycles. The summed E-state index contributed by atoms with van der Waals surface area (Å²) in [6.07, 6.45) is 3.44. The zero-order valence-electron chi connectivity index (χ0n) is 14.0. The Morgan fingerprint density at radius 3 is 2.85 bits per heavy atom. The summed E-state index contributed by atoms with van der Waals surface area (Å²) in [4.78, 5) is 16.4. The fourth-order valence-corrected chi connectivity index (χ4v) is 2.82. The highest BCUT2D eigenvalue weighted by atomic mass is 19.1. The first-order valence-electron chi connectivity index (χ1n) is 8.14. The minimum atomic E-state index is -0.507. The number of rotatable bonds is 4. The van der Waals surface area contributed by atoms with Gasteiger partial charge in [0.1, 0.15) is 11.3 Å². The fourth-order valence-electron chi connectivity index (χ4n) is 2.82. The average molecular weight is 353 g/mol. The Bertz CT molecular complexity index is 1020. The molecule has 1 aliphatic rings. The van der Waals surface area contributed by atoms with Crippen molar-refractivity contribution in [3.8, 4) is 17.0 Å². The normalized spacial score (nSPS) is 13.6. The molecule has 0 spiro atoms. The van der Waals surface area contributed by atoms with Crippen LogP contribution in [-0.4, -0.2) is 34.2 Å². The molecule has 132 valence electrons. The van der Waals surface area contributed by atoms with Gasteiger partial charge >= 0.3 is 0 Å². The molecule has 26 heavy (non-hydrogen) atoms. The first-order chi connectivity index (χ1) is 12.6. The number of anilines is 1. The first-order valence-corrected chi connectivity index (χ1v) is 8.14. The maximum Gasteiger partial charge on any atom is 0.274 e. The number of hydrogen-bond acceptors (Lipinski definition) is 6. The van der Waals surface area contributed by atoms with Crippen LogP contribution in [-0.2, 0) is 0 Å². The number of nitrogens with zero attached hydrogens (tertiary/aromatic N) is 3. The van der Waals surface area contributed by atoms with E-state index in [9.17, 15) is 9.18 Å². The smallest absolute Gasteiger partial charge is 0.274 e. The number of amides is 1. The second kappa shape index (κ2) is 6.21. The van der Waals surface area contributed by atoms with E-state index in [1.807, 2.05) is 0 Å². The van der Waals surface area contributed by atoms with Crippen molar-refractivity contribution in [2.75, 3.05) is 12.8 Å². The van der Waals surface area contributed by atoms with E-state index < -0.39 is 5.82 Å². The SMILES string of the molecule is COc1ncccc1-c1c(F)ccc2c(N)c(C(=O)NC3CC3)nnc12. The minimum absolute atomic E-state index is 0.0418. The Morgan fingerprint density at radius 2 is 2.12 bits per heavy atom. The number of methoxy groups -OCH3 is 1. The minimum Gasteiger partial charge on any atom is -0.481 e. The quantitative estimate of drug-likeness (QED) is 0.746. The summed E-state index contributed by atoms with van der Waals surface area (Å²) in [6.45, 7) is 0. The molecule has 1 aliphatic carbocycles. The van der Waals surface area contributed by atoms with Crippen molar-refractivity contribution in [3.63, 3.8) is 0 Å². The third-order valence-corrected chi connectivity index (χ3v) is 4.28. The average Bonchev–Trinajstić information content (AvgIpc) is 3.46. The number of halogens is 1. The van der Waals surface area contributed by atoms with Crippen molar-refractivity contribution >= 4 is 22.5 Å². The Labute approximate surface area is 148 Å². The van der Waals surface area contributed by atoms with Crippen molar-refractivity contribution in [2.24, 2.45) is 0 Å². The number of pyridine rings is 1. The number of aromatic nitrogens is 3. The Balaban J connectivity index is 1.90. The van der Waals surface area contributed by atoms with Gasteiger partial charge in [0, 0.05) is 23.2 Å². The molecular formula is C18H16FN5O2. The predicted molar refractivity (Wildman–Crippen MR) is 94.2 cm³/mol. The Morgan fingerprint density at radius 1 is 1.31 bits per heavy atom. The number of fused-ring (bicyclic) bond motifs is 1. The van der Waals surface area contributed by atoms with E-state index in [0.717, 1.165) is 12.8 Å². The van der Waals surface area contributed by atoms with Gasteiger partial charge in [0.25, 0.3) is 5.91 Å². The van der Waals surface area contributed by atoms with Crippen molar-refractivity contribution in [1.29, 1.82) is 0 Å². The van der Waals surface area contributed by atoms with E-state index in [4.69, 9.17) is 10.5 Å². The monoisotopic (exact) mass is 353 g/mol. The molecular weight excluding hydrogens is 337 g/mol. The summed E-state index contributed by atoms with van der Waals surface area (Å²) in [5.74, 6) is -0.619. The number of carbonyl (C=O) groups excluding carboxylic acids is 1. The molecule has 2 aromatic heterocycles. The third-order valence-electron chi connectivity index (χ3n) is 4.28. The van der Waals surface area contributed by atoms with Crippen molar-refractivity contribution in [3.05, 3.63) is 42.0 Å². The van der Waals surface area contributed by atoms with Crippen LogP contribution in [0, 0.1) is 5.82 Å². The largest absolute Gasteiger partial charge is 0.481 e. The molecule has 4 rings (SSSR count). The van der Waals surface area contributed by atoms with Gasteiger partial charge in [-0.3, -0.25) is 4.79 Å². The van der Waals surface area contributed by atoms with E-state index in [1.165, 1.54) is 19.2 Å². The molecule has 8 heteroatoms. The Hall–Kier alpha value is -3.29. The van der Waals surface area contributed by atoms with Crippen molar-refractivity contribution in [2.45, 2.75) is 18.9 Å². The van der Waals surface area contributed by atoms with Crippen molar-refractivity contribution < 1.29 is 13.9 Å². The zero-order chi connectivity index (χ0) is 18.3. The van der Waals surface area contributed by atoms with Crippen LogP contribution < -0.4 is 15.8 Å². The van der Waals surface area contributed by atoms with E-state index in [2.05, 4.69) is 20.5 Å². The van der Waals surface area contributed by atoms with Crippen LogP contribution >= 0.6 is 0 Å². The number of nitrogens with one attached hydrogen (secondary N) is 1. The molecule has 0 atom stereocenters. The maximum absolute atomic E-state index is 14.6. The zero-order valence-corrected chi connectivity index (χ0v) is 14.0. The number of nitrogens with two attached hydrogens (primary N) is 1. The molecule has 0 radical (unpaired) electrons. The van der Waals surface area contributed by atoms with Gasteiger partial charge in [-0.15, -0.1) is 10.2 Å². The van der Waals surface area contributed by atoms with Gasteiger partial charge in [0.15, 0.2) is 5.69 Å². The van der Waals surface area contributed by atoms with Crippen LogP contribution in [0.2, 0.25) is 0 Å². The predicted octanol–water partition coefficient (Wildman–Crippen LogP) is 2.31. The number of hydrogen-bond donors (Lipinski definition) is 2. The molecule has 0 aliphatic heterocycles. The van der Waals surface area contributed by atoms with Gasteiger partial charge in [0.05, 0.1) is 18.4 Å². The standard InChI is InChI=1S/C18H16FN5O2/c1-26-18-10(3-2-8-21-18)13-12(19)7-6-11-14(20)16(24-23-15(11)13)17(25)22-9-4-5-9/h2-3,6-9H,4-5H2,1H3,(H2,20,23)(H,22,25). The highest BCUT2D eigenvalue weighted by Gasteiger charge is 2.27. The molecule has 3 N–H and O–H groups in total. The molecule has 7 nitrogen and oxygen atoms in total. The van der Waals surface area contributed by atoms with Gasteiger partial charge in [-0.25, -0.2) is 9.37 Å². The molecule has 1 fully saturated rings. The van der Waals surface area contributed by atoms with Crippen LogP contribution in [0.4, 0.5) is 10.1 Å².